The van der Waals surface area contributed by atoms with E-state index in [9.17, 15) is 4.79 Å². The van der Waals surface area contributed by atoms with Crippen molar-refractivity contribution in [3.8, 4) is 0 Å². The van der Waals surface area contributed by atoms with Gasteiger partial charge in [-0.2, -0.15) is 0 Å². The molecule has 1 aliphatic carbocycles. The Bertz CT molecular complexity index is 418. The van der Waals surface area contributed by atoms with E-state index in [-0.39, 0.29) is 11.9 Å². The van der Waals surface area contributed by atoms with Gasteiger partial charge in [0.2, 0.25) is 0 Å². The first-order chi connectivity index (χ1) is 8.61. The van der Waals surface area contributed by atoms with E-state index in [0.29, 0.717) is 11.8 Å². The number of rotatable bonds is 3. The molecule has 2 atom stereocenters. The number of carbonyl (C=O) groups excluding carboxylic acids is 1. The molecular formula is C12H14Br2ClNOS. The van der Waals surface area contributed by atoms with Crippen molar-refractivity contribution in [2.45, 2.75) is 31.7 Å². The zero-order valence-electron chi connectivity index (χ0n) is 9.72. The van der Waals surface area contributed by atoms with Gasteiger partial charge in [-0.05, 0) is 56.7 Å². The molecule has 2 unspecified atom stereocenters. The molecule has 0 bridgehead atoms. The van der Waals surface area contributed by atoms with Crippen molar-refractivity contribution in [3.05, 3.63) is 19.2 Å². The number of alkyl halides is 1. The van der Waals surface area contributed by atoms with Gasteiger partial charge in [0, 0.05) is 16.4 Å². The van der Waals surface area contributed by atoms with Crippen molar-refractivity contribution in [1.82, 2.24) is 5.32 Å². The third kappa shape index (κ3) is 3.50. The molecule has 1 aliphatic rings. The summed E-state index contributed by atoms with van der Waals surface area (Å²) in [6, 6.07) is 2.08. The van der Waals surface area contributed by atoms with E-state index in [2.05, 4.69) is 37.2 Å². The van der Waals surface area contributed by atoms with Gasteiger partial charge in [0.05, 0.1) is 8.66 Å². The highest BCUT2D eigenvalue weighted by Gasteiger charge is 2.26. The summed E-state index contributed by atoms with van der Waals surface area (Å²) in [4.78, 5) is 12.9. The maximum atomic E-state index is 12.2. The second-order valence-corrected chi connectivity index (χ2v) is 8.04. The first-order valence-electron chi connectivity index (χ1n) is 5.93. The second kappa shape index (κ2) is 6.73. The van der Waals surface area contributed by atoms with Gasteiger partial charge in [-0.25, -0.2) is 0 Å². The van der Waals surface area contributed by atoms with Gasteiger partial charge < -0.3 is 5.32 Å². The molecule has 2 rings (SSSR count). The van der Waals surface area contributed by atoms with Gasteiger partial charge in [0.1, 0.15) is 0 Å². The minimum atomic E-state index is 0.00779. The first-order valence-corrected chi connectivity index (χ1v) is 8.87. The van der Waals surface area contributed by atoms with Crippen LogP contribution in [0.1, 0.15) is 35.4 Å². The summed E-state index contributed by atoms with van der Waals surface area (Å²) in [6.45, 7) is 0. The number of thiophene rings is 1. The van der Waals surface area contributed by atoms with Gasteiger partial charge in [-0.3, -0.25) is 4.79 Å². The number of amides is 1. The molecule has 1 heterocycles. The lowest BCUT2D eigenvalue weighted by Crippen LogP contribution is -2.42. The van der Waals surface area contributed by atoms with E-state index >= 15 is 0 Å². The van der Waals surface area contributed by atoms with E-state index < -0.39 is 0 Å². The number of hydrogen-bond acceptors (Lipinski definition) is 2. The minimum Gasteiger partial charge on any atom is -0.348 e. The molecule has 2 nitrogen and oxygen atoms in total. The maximum absolute atomic E-state index is 12.2. The summed E-state index contributed by atoms with van der Waals surface area (Å²) in [5.41, 5.74) is 0. The normalized spacial score (nSPS) is 23.9. The smallest absolute Gasteiger partial charge is 0.261 e. The van der Waals surface area contributed by atoms with Crippen molar-refractivity contribution in [2.24, 2.45) is 5.92 Å². The van der Waals surface area contributed by atoms with Crippen LogP contribution in [-0.2, 0) is 0 Å². The third-order valence-electron chi connectivity index (χ3n) is 3.29. The van der Waals surface area contributed by atoms with Gasteiger partial charge in [0.15, 0.2) is 0 Å². The van der Waals surface area contributed by atoms with Crippen LogP contribution in [0.4, 0.5) is 0 Å². The fraction of sp³-hybridized carbons (Fsp3) is 0.583. The maximum Gasteiger partial charge on any atom is 0.261 e. The lowest BCUT2D eigenvalue weighted by Gasteiger charge is -2.30. The number of nitrogens with one attached hydrogen (secondary N) is 1. The van der Waals surface area contributed by atoms with E-state index in [1.54, 1.807) is 0 Å². The Morgan fingerprint density at radius 3 is 2.78 bits per heavy atom. The fourth-order valence-corrected chi connectivity index (χ4v) is 4.59. The van der Waals surface area contributed by atoms with Crippen LogP contribution in [-0.4, -0.2) is 17.8 Å². The molecule has 1 saturated carbocycles. The predicted octanol–water partition coefficient (Wildman–Crippen LogP) is 4.80. The summed E-state index contributed by atoms with van der Waals surface area (Å²) < 4.78 is 1.88. The monoisotopic (exact) mass is 413 g/mol. The standard InChI is InChI=1S/C12H14Br2ClNOS/c13-8-5-10(18-11(8)14)12(17)16-9-4-2-1-3-7(9)6-15/h5,7,9H,1-4,6H2,(H,16,17). The van der Waals surface area contributed by atoms with Crippen molar-refractivity contribution >= 4 is 60.7 Å². The number of hydrogen-bond donors (Lipinski definition) is 1. The molecule has 18 heavy (non-hydrogen) atoms. The largest absolute Gasteiger partial charge is 0.348 e. The third-order valence-corrected chi connectivity index (χ3v) is 6.94. The van der Waals surface area contributed by atoms with Crippen molar-refractivity contribution in [1.29, 1.82) is 0 Å². The molecular weight excluding hydrogens is 401 g/mol. The lowest BCUT2D eigenvalue weighted by atomic mass is 9.86. The lowest BCUT2D eigenvalue weighted by molar-refractivity contribution is 0.0915. The predicted molar refractivity (Wildman–Crippen MR) is 83.7 cm³/mol. The SMILES string of the molecule is O=C(NC1CCCCC1CCl)c1cc(Br)c(Br)s1. The molecule has 0 spiro atoms. The Morgan fingerprint density at radius 2 is 2.17 bits per heavy atom. The van der Waals surface area contributed by atoms with Gasteiger partial charge >= 0.3 is 0 Å². The van der Waals surface area contributed by atoms with Crippen molar-refractivity contribution < 1.29 is 4.79 Å². The van der Waals surface area contributed by atoms with Crippen molar-refractivity contribution in [3.63, 3.8) is 0 Å². The highest BCUT2D eigenvalue weighted by molar-refractivity contribution is 9.13. The molecule has 1 N–H and O–H groups in total. The van der Waals surface area contributed by atoms with Crippen LogP contribution in [0, 0.1) is 5.92 Å². The summed E-state index contributed by atoms with van der Waals surface area (Å²) in [6.07, 6.45) is 4.55. The molecule has 1 fully saturated rings. The number of halogens is 3. The molecule has 0 radical (unpaired) electrons. The summed E-state index contributed by atoms with van der Waals surface area (Å²) in [7, 11) is 0. The zero-order chi connectivity index (χ0) is 13.1. The van der Waals surface area contributed by atoms with Gasteiger partial charge in [0.25, 0.3) is 5.91 Å². The summed E-state index contributed by atoms with van der Waals surface area (Å²) >= 11 is 14.2. The van der Waals surface area contributed by atoms with E-state index in [1.165, 1.54) is 24.2 Å². The zero-order valence-corrected chi connectivity index (χ0v) is 14.5. The first kappa shape index (κ1) is 14.8. The Labute approximate surface area is 133 Å². The summed E-state index contributed by atoms with van der Waals surface area (Å²) in [5, 5.41) is 3.12. The average molecular weight is 416 g/mol. The Kier molecular flexibility index (Phi) is 5.54. The Balaban J connectivity index is 2.01. The van der Waals surface area contributed by atoms with Crippen LogP contribution < -0.4 is 5.32 Å². The van der Waals surface area contributed by atoms with Crippen molar-refractivity contribution in [2.75, 3.05) is 5.88 Å². The van der Waals surface area contributed by atoms with Crippen LogP contribution in [0.15, 0.2) is 14.3 Å². The second-order valence-electron chi connectivity index (χ2n) is 4.51. The van der Waals surface area contributed by atoms with Crippen LogP contribution in [0.2, 0.25) is 0 Å². The topological polar surface area (TPSA) is 29.1 Å². The van der Waals surface area contributed by atoms with Crippen LogP contribution >= 0.6 is 54.8 Å². The molecule has 0 saturated heterocycles. The van der Waals surface area contributed by atoms with Crippen LogP contribution in [0.25, 0.3) is 0 Å². The number of carbonyl (C=O) groups is 1. The molecule has 0 aliphatic heterocycles. The Morgan fingerprint density at radius 1 is 1.44 bits per heavy atom. The highest BCUT2D eigenvalue weighted by atomic mass is 79.9. The van der Waals surface area contributed by atoms with Crippen LogP contribution in [0.5, 0.6) is 0 Å². The molecule has 100 valence electrons. The van der Waals surface area contributed by atoms with E-state index in [0.717, 1.165) is 26.0 Å². The van der Waals surface area contributed by atoms with Crippen LogP contribution in [0.3, 0.4) is 0 Å². The van der Waals surface area contributed by atoms with E-state index in [4.69, 9.17) is 11.6 Å². The highest BCUT2D eigenvalue weighted by Crippen LogP contribution is 2.33. The van der Waals surface area contributed by atoms with E-state index in [1.807, 2.05) is 6.07 Å². The summed E-state index contributed by atoms with van der Waals surface area (Å²) in [5.74, 6) is 1.05. The average Bonchev–Trinajstić information content (AvgIpc) is 2.70. The molecule has 1 aromatic rings. The molecule has 0 aromatic carbocycles. The van der Waals surface area contributed by atoms with Gasteiger partial charge in [-0.15, -0.1) is 22.9 Å². The molecule has 6 heteroatoms. The molecule has 1 aromatic heterocycles. The fourth-order valence-electron chi connectivity index (χ4n) is 2.28. The minimum absolute atomic E-state index is 0.00779. The molecule has 1 amide bonds. The Hall–Kier alpha value is 0.420. The quantitative estimate of drug-likeness (QED) is 0.706. The van der Waals surface area contributed by atoms with Gasteiger partial charge in [-0.1, -0.05) is 12.8 Å².